The van der Waals surface area contributed by atoms with Crippen molar-refractivity contribution in [1.82, 2.24) is 0 Å². The maximum Gasteiger partial charge on any atom is 0.358 e. The molecule has 1 aromatic carbocycles. The summed E-state index contributed by atoms with van der Waals surface area (Å²) in [5.41, 5.74) is 1.33. The molecule has 0 aliphatic heterocycles. The Labute approximate surface area is 95.7 Å². The van der Waals surface area contributed by atoms with Gasteiger partial charge >= 0.3 is 5.97 Å². The van der Waals surface area contributed by atoms with Crippen LogP contribution < -0.4 is 0 Å². The lowest BCUT2D eigenvalue weighted by molar-refractivity contribution is -0.129. The Morgan fingerprint density at radius 3 is 2.73 bits per heavy atom. The Morgan fingerprint density at radius 2 is 2.20 bits per heavy atom. The lowest BCUT2D eigenvalue weighted by Gasteiger charge is -2.05. The molecule has 0 fully saturated rings. The number of carboxylic acid groups (broad SMARTS) is 1. The molecule has 0 unspecified atom stereocenters. The fraction of sp³-hybridized carbons (Fsp3) is 0.200. The summed E-state index contributed by atoms with van der Waals surface area (Å²) in [5, 5.41) is 13.0. The predicted molar refractivity (Wildman–Crippen MR) is 60.3 cm³/mol. The van der Waals surface area contributed by atoms with Crippen LogP contribution in [0.4, 0.5) is 0 Å². The molecule has 15 heavy (non-hydrogen) atoms. The molecule has 0 heterocycles. The van der Waals surface area contributed by atoms with Gasteiger partial charge in [0.2, 0.25) is 0 Å². The van der Waals surface area contributed by atoms with Crippen LogP contribution in [-0.2, 0) is 15.0 Å². The number of carbonyl (C=O) groups is 1. The summed E-state index contributed by atoms with van der Waals surface area (Å²) >= 11 is 3.29. The quantitative estimate of drug-likeness (QED) is 0.518. The van der Waals surface area contributed by atoms with Crippen LogP contribution in [0.5, 0.6) is 0 Å². The molecule has 4 nitrogen and oxygen atoms in total. The van der Waals surface area contributed by atoms with Gasteiger partial charge in [-0.05, 0) is 5.56 Å². The van der Waals surface area contributed by atoms with Gasteiger partial charge in [0.1, 0.15) is 7.11 Å². The van der Waals surface area contributed by atoms with Gasteiger partial charge in [-0.15, -0.1) is 0 Å². The molecule has 0 radical (unpaired) electrons. The Morgan fingerprint density at radius 1 is 1.53 bits per heavy atom. The van der Waals surface area contributed by atoms with Crippen molar-refractivity contribution in [3.63, 3.8) is 0 Å². The van der Waals surface area contributed by atoms with Gasteiger partial charge in [-0.25, -0.2) is 4.79 Å². The summed E-state index contributed by atoms with van der Waals surface area (Å²) in [4.78, 5) is 15.4. The fourth-order valence-electron chi connectivity index (χ4n) is 1.16. The maximum atomic E-state index is 10.9. The number of hydrogen-bond donors (Lipinski definition) is 1. The van der Waals surface area contributed by atoms with Crippen LogP contribution >= 0.6 is 15.9 Å². The van der Waals surface area contributed by atoms with E-state index >= 15 is 0 Å². The van der Waals surface area contributed by atoms with E-state index in [0.717, 1.165) is 5.56 Å². The van der Waals surface area contributed by atoms with E-state index in [-0.39, 0.29) is 5.71 Å². The molecule has 0 aliphatic carbocycles. The minimum Gasteiger partial charge on any atom is -0.476 e. The third-order valence-electron chi connectivity index (χ3n) is 1.80. The zero-order chi connectivity index (χ0) is 11.3. The summed E-state index contributed by atoms with van der Waals surface area (Å²) < 4.78 is 0. The second-order valence-electron chi connectivity index (χ2n) is 2.72. The second-order valence-corrected chi connectivity index (χ2v) is 3.28. The minimum atomic E-state index is -1.11. The smallest absolute Gasteiger partial charge is 0.358 e. The van der Waals surface area contributed by atoms with E-state index in [9.17, 15) is 4.79 Å². The summed E-state index contributed by atoms with van der Waals surface area (Å²) in [7, 11) is 1.32. The zero-order valence-electron chi connectivity index (χ0n) is 8.11. The van der Waals surface area contributed by atoms with Crippen LogP contribution in [0.3, 0.4) is 0 Å². The average molecular weight is 272 g/mol. The van der Waals surface area contributed by atoms with Gasteiger partial charge in [0.15, 0.2) is 5.71 Å². The molecule has 0 saturated heterocycles. The maximum absolute atomic E-state index is 10.9. The Balaban J connectivity index is 3.22. The normalized spacial score (nSPS) is 11.2. The lowest BCUT2D eigenvalue weighted by Crippen LogP contribution is -2.16. The standard InChI is InChI=1S/C10H10BrNO3/c1-15-12-9(10(13)14)8-5-3-2-4-7(8)6-11/h2-5H,6H2,1H3,(H,13,14). The first-order valence-corrected chi connectivity index (χ1v) is 5.31. The lowest BCUT2D eigenvalue weighted by atomic mass is 10.0. The van der Waals surface area contributed by atoms with Crippen molar-refractivity contribution in [1.29, 1.82) is 0 Å². The molecule has 0 amide bonds. The van der Waals surface area contributed by atoms with Gasteiger partial charge in [0.05, 0.1) is 0 Å². The molecule has 1 N–H and O–H groups in total. The van der Waals surface area contributed by atoms with Crippen molar-refractivity contribution in [3.8, 4) is 0 Å². The van der Waals surface area contributed by atoms with E-state index in [4.69, 9.17) is 5.11 Å². The van der Waals surface area contributed by atoms with E-state index in [1.165, 1.54) is 7.11 Å². The first-order chi connectivity index (χ1) is 7.20. The van der Waals surface area contributed by atoms with E-state index < -0.39 is 5.97 Å². The molecular weight excluding hydrogens is 262 g/mol. The Hall–Kier alpha value is -1.36. The van der Waals surface area contributed by atoms with Gasteiger partial charge in [0, 0.05) is 10.9 Å². The summed E-state index contributed by atoms with van der Waals surface area (Å²) in [5.74, 6) is -1.11. The van der Waals surface area contributed by atoms with Crippen LogP contribution in [0.1, 0.15) is 11.1 Å². The van der Waals surface area contributed by atoms with E-state index in [2.05, 4.69) is 25.9 Å². The van der Waals surface area contributed by atoms with Crippen LogP contribution in [-0.4, -0.2) is 23.9 Å². The molecular formula is C10H10BrNO3. The highest BCUT2D eigenvalue weighted by molar-refractivity contribution is 9.08. The zero-order valence-corrected chi connectivity index (χ0v) is 9.69. The molecule has 0 aliphatic rings. The number of hydrogen-bond acceptors (Lipinski definition) is 3. The van der Waals surface area contributed by atoms with Crippen LogP contribution in [0.25, 0.3) is 0 Å². The summed E-state index contributed by atoms with van der Waals surface area (Å²) in [6.45, 7) is 0. The van der Waals surface area contributed by atoms with Crippen LogP contribution in [0.15, 0.2) is 29.4 Å². The average Bonchev–Trinajstić information content (AvgIpc) is 2.25. The van der Waals surface area contributed by atoms with Gasteiger partial charge in [-0.2, -0.15) is 0 Å². The topological polar surface area (TPSA) is 58.9 Å². The van der Waals surface area contributed by atoms with Crippen molar-refractivity contribution in [3.05, 3.63) is 35.4 Å². The molecule has 0 aromatic heterocycles. The van der Waals surface area contributed by atoms with E-state index in [1.54, 1.807) is 12.1 Å². The molecule has 0 atom stereocenters. The van der Waals surface area contributed by atoms with Crippen molar-refractivity contribution in [2.75, 3.05) is 7.11 Å². The van der Waals surface area contributed by atoms with Crippen LogP contribution in [0.2, 0.25) is 0 Å². The van der Waals surface area contributed by atoms with Gasteiger partial charge in [-0.3, -0.25) is 0 Å². The second kappa shape index (κ2) is 5.50. The Bertz CT molecular complexity index is 390. The highest BCUT2D eigenvalue weighted by Crippen LogP contribution is 2.14. The number of oxime groups is 1. The number of alkyl halides is 1. The van der Waals surface area contributed by atoms with Crippen LogP contribution in [0, 0.1) is 0 Å². The van der Waals surface area contributed by atoms with Gasteiger partial charge < -0.3 is 9.94 Å². The number of halogens is 1. The number of nitrogens with zero attached hydrogens (tertiary/aromatic N) is 1. The number of rotatable bonds is 4. The molecule has 80 valence electrons. The van der Waals surface area contributed by atoms with Gasteiger partial charge in [-0.1, -0.05) is 45.4 Å². The molecule has 0 spiro atoms. The third-order valence-corrected chi connectivity index (χ3v) is 2.41. The number of carboxylic acids is 1. The summed E-state index contributed by atoms with van der Waals surface area (Å²) in [6, 6.07) is 7.13. The molecule has 0 saturated carbocycles. The van der Waals surface area contributed by atoms with Gasteiger partial charge in [0.25, 0.3) is 0 Å². The van der Waals surface area contributed by atoms with E-state index in [1.807, 2.05) is 12.1 Å². The monoisotopic (exact) mass is 271 g/mol. The molecule has 5 heteroatoms. The number of aliphatic carboxylic acids is 1. The summed E-state index contributed by atoms with van der Waals surface area (Å²) in [6.07, 6.45) is 0. The largest absolute Gasteiger partial charge is 0.476 e. The Kier molecular flexibility index (Phi) is 4.30. The molecule has 1 aromatic rings. The number of benzene rings is 1. The van der Waals surface area contributed by atoms with Crippen molar-refractivity contribution in [2.45, 2.75) is 5.33 Å². The van der Waals surface area contributed by atoms with Crippen molar-refractivity contribution >= 4 is 27.6 Å². The first-order valence-electron chi connectivity index (χ1n) is 4.19. The highest BCUT2D eigenvalue weighted by atomic mass is 79.9. The minimum absolute atomic E-state index is 0.0902. The van der Waals surface area contributed by atoms with E-state index in [0.29, 0.717) is 10.9 Å². The fourth-order valence-corrected chi connectivity index (χ4v) is 1.65. The molecule has 0 bridgehead atoms. The van der Waals surface area contributed by atoms with Crippen molar-refractivity contribution < 1.29 is 14.7 Å². The first kappa shape index (κ1) is 11.7. The highest BCUT2D eigenvalue weighted by Gasteiger charge is 2.16. The third kappa shape index (κ3) is 2.79. The van der Waals surface area contributed by atoms with Crippen molar-refractivity contribution in [2.24, 2.45) is 5.16 Å². The predicted octanol–water partition coefficient (Wildman–Crippen LogP) is 2.02. The SMILES string of the molecule is CON=C(C(=O)O)c1ccccc1CBr. The molecule has 1 rings (SSSR count).